The monoisotopic (exact) mass is 490 g/mol. The van der Waals surface area contributed by atoms with Crippen LogP contribution in [-0.4, -0.2) is 25.1 Å². The van der Waals surface area contributed by atoms with Gasteiger partial charge < -0.3 is 14.8 Å². The fraction of sp³-hybridized carbons (Fsp3) is 0.154. The van der Waals surface area contributed by atoms with Gasteiger partial charge in [-0.3, -0.25) is 9.59 Å². The highest BCUT2D eigenvalue weighted by atomic mass is 35.5. The van der Waals surface area contributed by atoms with E-state index in [1.165, 1.54) is 13.3 Å². The van der Waals surface area contributed by atoms with Crippen molar-refractivity contribution in [1.82, 2.24) is 5.43 Å². The van der Waals surface area contributed by atoms with Gasteiger partial charge in [0.25, 0.3) is 0 Å². The van der Waals surface area contributed by atoms with E-state index in [1.54, 1.807) is 54.6 Å². The van der Waals surface area contributed by atoms with Crippen LogP contribution < -0.4 is 20.2 Å². The van der Waals surface area contributed by atoms with Crippen molar-refractivity contribution in [2.45, 2.75) is 19.4 Å². The first kappa shape index (κ1) is 25.3. The maximum atomic E-state index is 12.0. The second-order valence-corrected chi connectivity index (χ2v) is 7.70. The Morgan fingerprint density at radius 2 is 1.77 bits per heavy atom. The molecule has 3 rings (SSSR count). The molecule has 8 nitrogen and oxygen atoms in total. The summed E-state index contributed by atoms with van der Waals surface area (Å²) in [5, 5.41) is 16.2. The summed E-state index contributed by atoms with van der Waals surface area (Å²) in [7, 11) is 1.52. The zero-order valence-corrected chi connectivity index (χ0v) is 19.7. The molecule has 0 aliphatic rings. The van der Waals surface area contributed by atoms with Gasteiger partial charge in [-0.15, -0.1) is 0 Å². The number of ether oxygens (including phenoxy) is 2. The molecule has 0 unspecified atom stereocenters. The first-order valence-corrected chi connectivity index (χ1v) is 11.0. The molecule has 0 aliphatic carbocycles. The van der Waals surface area contributed by atoms with E-state index in [1.807, 2.05) is 12.1 Å². The number of carbonyl (C=O) groups excluding carboxylic acids is 2. The molecule has 9 heteroatoms. The highest BCUT2D eigenvalue weighted by Crippen LogP contribution is 2.28. The van der Waals surface area contributed by atoms with Crippen LogP contribution in [0.25, 0.3) is 0 Å². The number of halogens is 1. The number of methoxy groups -OCH3 is 1. The number of rotatable bonds is 10. The van der Waals surface area contributed by atoms with Crippen LogP contribution in [0.1, 0.15) is 29.5 Å². The second-order valence-electron chi connectivity index (χ2n) is 7.29. The fourth-order valence-corrected chi connectivity index (χ4v) is 3.21. The smallest absolute Gasteiger partial charge is 0.240 e. The molecular formula is C26H23ClN4O4. The summed E-state index contributed by atoms with van der Waals surface area (Å²) in [6.45, 7) is 0.216. The minimum atomic E-state index is -0.404. The molecule has 0 saturated carbocycles. The molecule has 2 N–H and O–H groups in total. The van der Waals surface area contributed by atoms with Gasteiger partial charge in [0.15, 0.2) is 11.5 Å². The Hall–Kier alpha value is -4.35. The van der Waals surface area contributed by atoms with Gasteiger partial charge in [0.05, 0.1) is 35.7 Å². The lowest BCUT2D eigenvalue weighted by Crippen LogP contribution is -2.20. The normalized spacial score (nSPS) is 10.4. The topological polar surface area (TPSA) is 113 Å². The van der Waals surface area contributed by atoms with Crippen LogP contribution in [0, 0.1) is 11.3 Å². The Morgan fingerprint density at radius 1 is 1.03 bits per heavy atom. The Morgan fingerprint density at radius 3 is 2.54 bits per heavy atom. The number of nitriles is 1. The Labute approximate surface area is 208 Å². The number of amides is 2. The standard InChI is InChI=1S/C26H23ClN4O4/c1-34-24-14-18(10-11-23(24)35-17-20-7-3-2-6-19(20)15-28)16-29-31-26(33)13-12-25(32)30-22-9-5-4-8-21(22)27/h2-11,14,16H,12-13,17H2,1H3,(H,30,32)(H,31,33). The summed E-state index contributed by atoms with van der Waals surface area (Å²) in [5.41, 5.74) is 4.88. The first-order valence-electron chi connectivity index (χ1n) is 10.6. The number of nitrogens with one attached hydrogen (secondary N) is 2. The number of nitrogens with zero attached hydrogens (tertiary/aromatic N) is 2. The molecule has 2 amide bonds. The van der Waals surface area contributed by atoms with Crippen molar-refractivity contribution in [2.75, 3.05) is 12.4 Å². The third-order valence-electron chi connectivity index (χ3n) is 4.84. The molecule has 0 spiro atoms. The van der Waals surface area contributed by atoms with Gasteiger partial charge in [-0.25, -0.2) is 5.43 Å². The SMILES string of the molecule is COc1cc(C=NNC(=O)CCC(=O)Nc2ccccc2Cl)ccc1OCc1ccccc1C#N. The van der Waals surface area contributed by atoms with Crippen molar-refractivity contribution >= 4 is 35.3 Å². The molecule has 0 aliphatic heterocycles. The van der Waals surface area contributed by atoms with E-state index in [4.69, 9.17) is 21.1 Å². The van der Waals surface area contributed by atoms with E-state index in [0.717, 1.165) is 5.56 Å². The summed E-state index contributed by atoms with van der Waals surface area (Å²) in [5.74, 6) is 0.255. The number of carbonyl (C=O) groups is 2. The lowest BCUT2D eigenvalue weighted by molar-refractivity contribution is -0.124. The number of hydrogen-bond donors (Lipinski definition) is 2. The van der Waals surface area contributed by atoms with E-state index in [-0.39, 0.29) is 25.4 Å². The van der Waals surface area contributed by atoms with Crippen molar-refractivity contribution in [3.05, 3.63) is 88.4 Å². The van der Waals surface area contributed by atoms with Crippen molar-refractivity contribution in [1.29, 1.82) is 5.26 Å². The summed E-state index contributed by atoms with van der Waals surface area (Å²) in [6, 6.07) is 21.4. The number of para-hydroxylation sites is 1. The first-order chi connectivity index (χ1) is 17.0. The maximum absolute atomic E-state index is 12.0. The molecule has 0 atom stereocenters. The van der Waals surface area contributed by atoms with Crippen molar-refractivity contribution in [2.24, 2.45) is 5.10 Å². The Bertz CT molecular complexity index is 1270. The number of hydrogen-bond acceptors (Lipinski definition) is 6. The number of benzene rings is 3. The summed E-state index contributed by atoms with van der Waals surface area (Å²) < 4.78 is 11.2. The zero-order chi connectivity index (χ0) is 25.0. The number of hydrazone groups is 1. The van der Waals surface area contributed by atoms with Gasteiger partial charge in [0.2, 0.25) is 11.8 Å². The summed E-state index contributed by atoms with van der Waals surface area (Å²) in [6.07, 6.45) is 1.41. The molecule has 0 radical (unpaired) electrons. The van der Waals surface area contributed by atoms with Crippen LogP contribution in [0.4, 0.5) is 5.69 Å². The van der Waals surface area contributed by atoms with Crippen LogP contribution in [0.2, 0.25) is 5.02 Å². The lowest BCUT2D eigenvalue weighted by Gasteiger charge is -2.12. The molecule has 3 aromatic rings. The lowest BCUT2D eigenvalue weighted by atomic mass is 10.1. The van der Waals surface area contributed by atoms with Crippen LogP contribution >= 0.6 is 11.6 Å². The second kappa shape index (κ2) is 12.8. The highest BCUT2D eigenvalue weighted by molar-refractivity contribution is 6.33. The molecule has 0 fully saturated rings. The highest BCUT2D eigenvalue weighted by Gasteiger charge is 2.10. The summed E-state index contributed by atoms with van der Waals surface area (Å²) in [4.78, 5) is 24.0. The predicted molar refractivity (Wildman–Crippen MR) is 134 cm³/mol. The van der Waals surface area contributed by atoms with Gasteiger partial charge in [-0.1, -0.05) is 41.9 Å². The summed E-state index contributed by atoms with van der Waals surface area (Å²) >= 11 is 6.01. The van der Waals surface area contributed by atoms with Gasteiger partial charge >= 0.3 is 0 Å². The molecule has 0 saturated heterocycles. The largest absolute Gasteiger partial charge is 0.493 e. The fourth-order valence-electron chi connectivity index (χ4n) is 3.03. The van der Waals surface area contributed by atoms with E-state index in [9.17, 15) is 14.9 Å². The minimum Gasteiger partial charge on any atom is -0.493 e. The van der Waals surface area contributed by atoms with Gasteiger partial charge in [-0.2, -0.15) is 10.4 Å². The number of anilines is 1. The van der Waals surface area contributed by atoms with E-state index >= 15 is 0 Å². The Balaban J connectivity index is 1.49. The molecular weight excluding hydrogens is 468 g/mol. The third-order valence-corrected chi connectivity index (χ3v) is 5.17. The zero-order valence-electron chi connectivity index (χ0n) is 19.0. The van der Waals surface area contributed by atoms with Crippen molar-refractivity contribution in [3.63, 3.8) is 0 Å². The van der Waals surface area contributed by atoms with E-state index in [2.05, 4.69) is 21.9 Å². The van der Waals surface area contributed by atoms with Gasteiger partial charge in [0.1, 0.15) is 6.61 Å². The molecule has 3 aromatic carbocycles. The van der Waals surface area contributed by atoms with Crippen molar-refractivity contribution in [3.8, 4) is 17.6 Å². The molecule has 178 valence electrons. The molecule has 0 heterocycles. The van der Waals surface area contributed by atoms with E-state index in [0.29, 0.717) is 33.3 Å². The third kappa shape index (κ3) is 7.59. The molecule has 0 aromatic heterocycles. The van der Waals surface area contributed by atoms with Crippen LogP contribution in [0.15, 0.2) is 71.8 Å². The molecule has 0 bridgehead atoms. The van der Waals surface area contributed by atoms with E-state index < -0.39 is 5.91 Å². The quantitative estimate of drug-likeness (QED) is 0.317. The Kier molecular flexibility index (Phi) is 9.22. The average molecular weight is 491 g/mol. The minimum absolute atomic E-state index is 0.0125. The average Bonchev–Trinajstić information content (AvgIpc) is 2.88. The predicted octanol–water partition coefficient (Wildman–Crippen LogP) is 4.67. The van der Waals surface area contributed by atoms with Gasteiger partial charge in [-0.05, 0) is 42.0 Å². The van der Waals surface area contributed by atoms with Crippen LogP contribution in [-0.2, 0) is 16.2 Å². The maximum Gasteiger partial charge on any atom is 0.240 e. The van der Waals surface area contributed by atoms with Gasteiger partial charge in [0, 0.05) is 18.4 Å². The van der Waals surface area contributed by atoms with Crippen LogP contribution in [0.5, 0.6) is 11.5 Å². The van der Waals surface area contributed by atoms with Crippen molar-refractivity contribution < 1.29 is 19.1 Å². The van der Waals surface area contributed by atoms with Crippen LogP contribution in [0.3, 0.4) is 0 Å². The molecule has 35 heavy (non-hydrogen) atoms.